The summed E-state index contributed by atoms with van der Waals surface area (Å²) in [5.41, 5.74) is 0.886. The van der Waals surface area contributed by atoms with Crippen molar-refractivity contribution in [1.29, 1.82) is 0 Å². The molecule has 1 aliphatic carbocycles. The highest BCUT2D eigenvalue weighted by Gasteiger charge is 2.21. The summed E-state index contributed by atoms with van der Waals surface area (Å²) in [6.07, 6.45) is 4.19. The van der Waals surface area contributed by atoms with Crippen molar-refractivity contribution in [2.24, 2.45) is 5.92 Å². The van der Waals surface area contributed by atoms with Gasteiger partial charge in [0, 0.05) is 6.04 Å². The molecule has 1 amide bonds. The second kappa shape index (κ2) is 8.14. The van der Waals surface area contributed by atoms with E-state index in [0.29, 0.717) is 10.8 Å². The fourth-order valence-corrected chi connectivity index (χ4v) is 4.34. The number of hydrogen-bond acceptors (Lipinski definition) is 6. The first-order valence-corrected chi connectivity index (χ1v) is 10.3. The van der Waals surface area contributed by atoms with Gasteiger partial charge in [0.25, 0.3) is 5.91 Å². The quantitative estimate of drug-likeness (QED) is 0.644. The second-order valence-electron chi connectivity index (χ2n) is 7.25. The van der Waals surface area contributed by atoms with Crippen molar-refractivity contribution in [3.05, 3.63) is 42.2 Å². The number of nitrogens with zero attached hydrogens (tertiary/aromatic N) is 1. The number of rotatable bonds is 5. The molecule has 1 aromatic carbocycles. The number of hydrogen-bond donors (Lipinski definition) is 1. The van der Waals surface area contributed by atoms with Gasteiger partial charge in [-0.3, -0.25) is 4.79 Å². The Morgan fingerprint density at radius 2 is 1.96 bits per heavy atom. The molecule has 0 saturated heterocycles. The molecule has 3 aromatic rings. The van der Waals surface area contributed by atoms with Crippen LogP contribution in [-0.2, 0) is 9.53 Å². The monoisotopic (exact) mass is 398 g/mol. The Balaban J connectivity index is 1.32. The number of amides is 1. The maximum atomic E-state index is 12.2. The van der Waals surface area contributed by atoms with E-state index in [1.165, 1.54) is 11.3 Å². The fourth-order valence-electron chi connectivity index (χ4n) is 3.42. The van der Waals surface area contributed by atoms with Crippen LogP contribution in [0.4, 0.5) is 0 Å². The molecule has 2 aromatic heterocycles. The molecule has 0 unspecified atom stereocenters. The number of aromatic nitrogens is 1. The number of thiazole rings is 1. The summed E-state index contributed by atoms with van der Waals surface area (Å²) in [6, 6.07) is 11.2. The molecule has 4 rings (SSSR count). The zero-order valence-corrected chi connectivity index (χ0v) is 16.5. The van der Waals surface area contributed by atoms with E-state index in [4.69, 9.17) is 9.15 Å². The standard InChI is InChI=1S/C21H22N2O4S/c1-13-6-8-14(9-7-13)22-19(24)12-26-21(25)17-11-10-16(27-17)20-23-15-4-2-3-5-18(15)28-20/h2-5,10-11,13-14H,6-9,12H2,1H3,(H,22,24). The Bertz CT molecular complexity index is 952. The van der Waals surface area contributed by atoms with Gasteiger partial charge in [0.05, 0.1) is 10.2 Å². The fraction of sp³-hybridized carbons (Fsp3) is 0.381. The van der Waals surface area contributed by atoms with Crippen LogP contribution < -0.4 is 5.32 Å². The zero-order valence-electron chi connectivity index (χ0n) is 15.6. The topological polar surface area (TPSA) is 81.4 Å². The van der Waals surface area contributed by atoms with Crippen LogP contribution in [0.5, 0.6) is 0 Å². The molecule has 1 N–H and O–H groups in total. The summed E-state index contributed by atoms with van der Waals surface area (Å²) < 4.78 is 11.7. The average Bonchev–Trinajstić information content (AvgIpc) is 3.35. The minimum absolute atomic E-state index is 0.0635. The van der Waals surface area contributed by atoms with Gasteiger partial charge in [0.2, 0.25) is 5.76 Å². The lowest BCUT2D eigenvalue weighted by Gasteiger charge is -2.26. The molecule has 0 bridgehead atoms. The highest BCUT2D eigenvalue weighted by molar-refractivity contribution is 7.21. The summed E-state index contributed by atoms with van der Waals surface area (Å²) in [7, 11) is 0. The lowest BCUT2D eigenvalue weighted by Crippen LogP contribution is -2.39. The third-order valence-corrected chi connectivity index (χ3v) is 6.08. The second-order valence-corrected chi connectivity index (χ2v) is 8.28. The highest BCUT2D eigenvalue weighted by atomic mass is 32.1. The number of carbonyl (C=O) groups is 2. The third-order valence-electron chi connectivity index (χ3n) is 5.03. The van der Waals surface area contributed by atoms with Crippen LogP contribution in [0.2, 0.25) is 0 Å². The van der Waals surface area contributed by atoms with Gasteiger partial charge in [-0.15, -0.1) is 11.3 Å². The molecule has 0 radical (unpaired) electrons. The number of nitrogens with one attached hydrogen (secondary N) is 1. The number of para-hydroxylation sites is 1. The normalized spacial score (nSPS) is 19.5. The predicted molar refractivity (Wildman–Crippen MR) is 107 cm³/mol. The van der Waals surface area contributed by atoms with Crippen molar-refractivity contribution < 1.29 is 18.7 Å². The molecule has 0 atom stereocenters. The minimum Gasteiger partial charge on any atom is -0.450 e. The lowest BCUT2D eigenvalue weighted by atomic mass is 9.87. The Morgan fingerprint density at radius 3 is 2.75 bits per heavy atom. The molecule has 2 heterocycles. The van der Waals surface area contributed by atoms with E-state index in [9.17, 15) is 9.59 Å². The third kappa shape index (κ3) is 4.25. The smallest absolute Gasteiger partial charge is 0.374 e. The van der Waals surface area contributed by atoms with Gasteiger partial charge in [0.1, 0.15) is 0 Å². The van der Waals surface area contributed by atoms with E-state index in [0.717, 1.165) is 41.8 Å². The number of ether oxygens (including phenoxy) is 1. The Kier molecular flexibility index (Phi) is 5.43. The van der Waals surface area contributed by atoms with Crippen LogP contribution in [0.15, 0.2) is 40.8 Å². The molecular formula is C21H22N2O4S. The Hall–Kier alpha value is -2.67. The van der Waals surface area contributed by atoms with Gasteiger partial charge < -0.3 is 14.5 Å². The van der Waals surface area contributed by atoms with Crippen LogP contribution in [0.1, 0.15) is 43.2 Å². The molecule has 7 heteroatoms. The summed E-state index contributed by atoms with van der Waals surface area (Å²) in [5, 5.41) is 3.64. The zero-order chi connectivity index (χ0) is 19.5. The maximum Gasteiger partial charge on any atom is 0.374 e. The highest BCUT2D eigenvalue weighted by Crippen LogP contribution is 2.31. The van der Waals surface area contributed by atoms with Crippen LogP contribution in [0.3, 0.4) is 0 Å². The average molecular weight is 398 g/mol. The molecule has 28 heavy (non-hydrogen) atoms. The number of fused-ring (bicyclic) bond motifs is 1. The molecule has 0 aliphatic heterocycles. The lowest BCUT2D eigenvalue weighted by molar-refractivity contribution is -0.125. The van der Waals surface area contributed by atoms with E-state index in [-0.39, 0.29) is 24.3 Å². The summed E-state index contributed by atoms with van der Waals surface area (Å²) >= 11 is 1.49. The number of carbonyl (C=O) groups excluding carboxylic acids is 2. The summed E-state index contributed by atoms with van der Waals surface area (Å²) in [6.45, 7) is 1.92. The van der Waals surface area contributed by atoms with Gasteiger partial charge >= 0.3 is 5.97 Å². The Morgan fingerprint density at radius 1 is 1.18 bits per heavy atom. The van der Waals surface area contributed by atoms with Gasteiger partial charge in [-0.2, -0.15) is 0 Å². The first kappa shape index (κ1) is 18.7. The summed E-state index contributed by atoms with van der Waals surface area (Å²) in [4.78, 5) is 28.7. The molecular weight excluding hydrogens is 376 g/mol. The molecule has 1 saturated carbocycles. The molecule has 146 valence electrons. The van der Waals surface area contributed by atoms with Gasteiger partial charge in [-0.05, 0) is 55.9 Å². The minimum atomic E-state index is -0.653. The number of esters is 1. The SMILES string of the molecule is CC1CCC(NC(=O)COC(=O)c2ccc(-c3nc4ccccc4s3)o2)CC1. The van der Waals surface area contributed by atoms with Crippen molar-refractivity contribution in [3.63, 3.8) is 0 Å². The van der Waals surface area contributed by atoms with Crippen LogP contribution >= 0.6 is 11.3 Å². The van der Waals surface area contributed by atoms with Crippen molar-refractivity contribution in [2.75, 3.05) is 6.61 Å². The first-order valence-electron chi connectivity index (χ1n) is 9.51. The number of benzene rings is 1. The van der Waals surface area contributed by atoms with Crippen molar-refractivity contribution in [3.8, 4) is 10.8 Å². The van der Waals surface area contributed by atoms with E-state index in [1.807, 2.05) is 24.3 Å². The summed E-state index contributed by atoms with van der Waals surface area (Å²) in [5.74, 6) is 0.364. The predicted octanol–water partition coefficient (Wildman–Crippen LogP) is 4.41. The molecule has 1 aliphatic rings. The van der Waals surface area contributed by atoms with Gasteiger partial charge in [-0.1, -0.05) is 19.1 Å². The van der Waals surface area contributed by atoms with Gasteiger partial charge in [-0.25, -0.2) is 9.78 Å². The molecule has 6 nitrogen and oxygen atoms in total. The maximum absolute atomic E-state index is 12.2. The number of furan rings is 1. The van der Waals surface area contributed by atoms with Gasteiger partial charge in [0.15, 0.2) is 17.4 Å². The van der Waals surface area contributed by atoms with Crippen molar-refractivity contribution >= 4 is 33.4 Å². The molecule has 1 fully saturated rings. The van der Waals surface area contributed by atoms with E-state index in [2.05, 4.69) is 17.2 Å². The largest absolute Gasteiger partial charge is 0.450 e. The van der Waals surface area contributed by atoms with Crippen molar-refractivity contribution in [2.45, 2.75) is 38.6 Å². The van der Waals surface area contributed by atoms with E-state index in [1.54, 1.807) is 12.1 Å². The Labute approximate surface area is 166 Å². The van der Waals surface area contributed by atoms with Crippen molar-refractivity contribution in [1.82, 2.24) is 10.3 Å². The van der Waals surface area contributed by atoms with Crippen LogP contribution in [0.25, 0.3) is 21.0 Å². The van der Waals surface area contributed by atoms with E-state index >= 15 is 0 Å². The van der Waals surface area contributed by atoms with Crippen LogP contribution in [-0.4, -0.2) is 29.5 Å². The molecule has 0 spiro atoms. The first-order chi connectivity index (χ1) is 13.6. The van der Waals surface area contributed by atoms with E-state index < -0.39 is 5.97 Å². The van der Waals surface area contributed by atoms with Crippen LogP contribution in [0, 0.1) is 5.92 Å².